The SMILES string of the molecule is CC(Oc1cc(-c2cnc(CO)cn2)c(F)cc1C(=O)Nc1c(F)cccc1Cl)C(F)(F)F. The molecule has 1 unspecified atom stereocenters. The van der Waals surface area contributed by atoms with Crippen LogP contribution in [0.15, 0.2) is 42.7 Å². The van der Waals surface area contributed by atoms with E-state index in [1.165, 1.54) is 12.1 Å². The first-order valence-electron chi connectivity index (χ1n) is 9.25. The molecule has 2 N–H and O–H groups in total. The van der Waals surface area contributed by atoms with Gasteiger partial charge in [0.25, 0.3) is 5.91 Å². The van der Waals surface area contributed by atoms with Crippen LogP contribution in [-0.4, -0.2) is 33.3 Å². The minimum absolute atomic E-state index is 0.0849. The maximum absolute atomic E-state index is 14.9. The normalized spacial score (nSPS) is 12.4. The number of para-hydroxylation sites is 1. The molecule has 0 spiro atoms. The van der Waals surface area contributed by atoms with E-state index in [1.807, 2.05) is 0 Å². The first kappa shape index (κ1) is 24.3. The standard InChI is InChI=1S/C21H15ClF5N3O3/c1-10(21(25,26)27)33-18-6-12(17-8-28-11(9-31)7-29-17)16(24)5-13(18)20(32)30-19-14(22)3-2-4-15(19)23/h2-8,10,31H,9H2,1H3,(H,30,32). The minimum atomic E-state index is -4.79. The summed E-state index contributed by atoms with van der Waals surface area (Å²) in [5.41, 5.74) is -1.28. The molecule has 0 aliphatic heterocycles. The van der Waals surface area contributed by atoms with Gasteiger partial charge in [-0.2, -0.15) is 13.2 Å². The number of aliphatic hydroxyl groups is 1. The summed E-state index contributed by atoms with van der Waals surface area (Å²) in [4.78, 5) is 20.5. The van der Waals surface area contributed by atoms with Crippen LogP contribution in [0.3, 0.4) is 0 Å². The average Bonchev–Trinajstić information content (AvgIpc) is 2.76. The second-order valence-electron chi connectivity index (χ2n) is 6.73. The number of alkyl halides is 3. The van der Waals surface area contributed by atoms with Crippen LogP contribution < -0.4 is 10.1 Å². The lowest BCUT2D eigenvalue weighted by Crippen LogP contribution is -2.32. The molecule has 1 atom stereocenters. The van der Waals surface area contributed by atoms with Crippen molar-refractivity contribution in [3.8, 4) is 17.0 Å². The van der Waals surface area contributed by atoms with Gasteiger partial charge in [0.1, 0.15) is 17.4 Å². The zero-order valence-corrected chi connectivity index (χ0v) is 17.5. The minimum Gasteiger partial charge on any atom is -0.480 e. The average molecular weight is 488 g/mol. The molecule has 33 heavy (non-hydrogen) atoms. The van der Waals surface area contributed by atoms with Crippen molar-refractivity contribution in [3.05, 3.63) is 70.6 Å². The highest BCUT2D eigenvalue weighted by Crippen LogP contribution is 2.34. The van der Waals surface area contributed by atoms with Crippen LogP contribution in [0.4, 0.5) is 27.6 Å². The fourth-order valence-corrected chi connectivity index (χ4v) is 2.87. The van der Waals surface area contributed by atoms with Crippen LogP contribution >= 0.6 is 11.6 Å². The Morgan fingerprint density at radius 3 is 2.48 bits per heavy atom. The highest BCUT2D eigenvalue weighted by atomic mass is 35.5. The third kappa shape index (κ3) is 5.55. The summed E-state index contributed by atoms with van der Waals surface area (Å²) in [5, 5.41) is 11.0. The molecule has 1 amide bonds. The number of hydrogen-bond acceptors (Lipinski definition) is 5. The molecule has 0 saturated carbocycles. The summed E-state index contributed by atoms with van der Waals surface area (Å²) in [6.45, 7) is 0.277. The van der Waals surface area contributed by atoms with Gasteiger partial charge in [-0.05, 0) is 31.2 Å². The number of rotatable bonds is 6. The van der Waals surface area contributed by atoms with Gasteiger partial charge in [0.05, 0.1) is 46.7 Å². The monoisotopic (exact) mass is 487 g/mol. The zero-order chi connectivity index (χ0) is 24.3. The molecule has 0 fully saturated rings. The second kappa shape index (κ2) is 9.67. The van der Waals surface area contributed by atoms with Crippen molar-refractivity contribution in [1.82, 2.24) is 9.97 Å². The van der Waals surface area contributed by atoms with Crippen LogP contribution in [0, 0.1) is 11.6 Å². The molecule has 2 aromatic carbocycles. The Labute approximate surface area is 189 Å². The second-order valence-corrected chi connectivity index (χ2v) is 7.14. The van der Waals surface area contributed by atoms with Gasteiger partial charge in [-0.25, -0.2) is 8.78 Å². The molecule has 3 aromatic rings. The third-order valence-corrected chi connectivity index (χ3v) is 4.74. The molecule has 3 rings (SSSR count). The molecule has 0 aliphatic carbocycles. The maximum Gasteiger partial charge on any atom is 0.425 e. The Balaban J connectivity index is 2.07. The lowest BCUT2D eigenvalue weighted by Gasteiger charge is -2.20. The number of ether oxygens (including phenoxy) is 1. The number of carbonyl (C=O) groups is 1. The van der Waals surface area contributed by atoms with Crippen molar-refractivity contribution in [2.75, 3.05) is 5.32 Å². The number of anilines is 1. The Morgan fingerprint density at radius 1 is 1.18 bits per heavy atom. The molecule has 0 bridgehead atoms. The van der Waals surface area contributed by atoms with Crippen LogP contribution in [0.2, 0.25) is 5.02 Å². The van der Waals surface area contributed by atoms with Crippen molar-refractivity contribution in [3.63, 3.8) is 0 Å². The summed E-state index contributed by atoms with van der Waals surface area (Å²) in [6, 6.07) is 5.06. The highest BCUT2D eigenvalue weighted by molar-refractivity contribution is 6.34. The van der Waals surface area contributed by atoms with Gasteiger partial charge >= 0.3 is 6.18 Å². The predicted octanol–water partition coefficient (Wildman–Crippen LogP) is 5.15. The van der Waals surface area contributed by atoms with Crippen molar-refractivity contribution < 1.29 is 36.6 Å². The lowest BCUT2D eigenvalue weighted by molar-refractivity contribution is -0.189. The Bertz CT molecular complexity index is 1150. The predicted molar refractivity (Wildman–Crippen MR) is 109 cm³/mol. The zero-order valence-electron chi connectivity index (χ0n) is 16.8. The van der Waals surface area contributed by atoms with E-state index in [-0.39, 0.29) is 22.0 Å². The molecule has 6 nitrogen and oxygen atoms in total. The first-order valence-corrected chi connectivity index (χ1v) is 9.63. The van der Waals surface area contributed by atoms with E-state index in [9.17, 15) is 26.7 Å². The summed E-state index contributed by atoms with van der Waals surface area (Å²) >= 11 is 5.86. The van der Waals surface area contributed by atoms with E-state index in [4.69, 9.17) is 21.4 Å². The number of nitrogens with zero attached hydrogens (tertiary/aromatic N) is 2. The van der Waals surface area contributed by atoms with Crippen LogP contribution in [-0.2, 0) is 6.61 Å². The summed E-state index contributed by atoms with van der Waals surface area (Å²) < 4.78 is 73.1. The Kier molecular flexibility index (Phi) is 7.13. The molecular weight excluding hydrogens is 473 g/mol. The first-order chi connectivity index (χ1) is 15.5. The number of aliphatic hydroxyl groups excluding tert-OH is 1. The van der Waals surface area contributed by atoms with E-state index in [0.29, 0.717) is 13.0 Å². The molecule has 1 aromatic heterocycles. The number of aromatic nitrogens is 2. The van der Waals surface area contributed by atoms with E-state index in [1.54, 1.807) is 0 Å². The topological polar surface area (TPSA) is 84.3 Å². The number of nitrogens with one attached hydrogen (secondary N) is 1. The molecule has 0 aliphatic rings. The summed E-state index contributed by atoms with van der Waals surface area (Å²) in [7, 11) is 0. The molecular formula is C21H15ClF5N3O3. The van der Waals surface area contributed by atoms with Gasteiger partial charge in [0.2, 0.25) is 0 Å². The Hall–Kier alpha value is -3.31. The molecule has 174 valence electrons. The molecule has 0 radical (unpaired) electrons. The molecule has 1 heterocycles. The van der Waals surface area contributed by atoms with E-state index in [0.717, 1.165) is 24.5 Å². The maximum atomic E-state index is 14.9. The number of carbonyl (C=O) groups excluding carboxylic acids is 1. The van der Waals surface area contributed by atoms with E-state index < -0.39 is 53.4 Å². The number of halogens is 6. The van der Waals surface area contributed by atoms with Gasteiger partial charge in [0.15, 0.2) is 6.10 Å². The largest absolute Gasteiger partial charge is 0.480 e. The van der Waals surface area contributed by atoms with Crippen LogP contribution in [0.25, 0.3) is 11.3 Å². The molecule has 12 heteroatoms. The fourth-order valence-electron chi connectivity index (χ4n) is 2.66. The number of amides is 1. The highest BCUT2D eigenvalue weighted by Gasteiger charge is 2.39. The van der Waals surface area contributed by atoms with Gasteiger partial charge in [-0.3, -0.25) is 14.8 Å². The van der Waals surface area contributed by atoms with Gasteiger partial charge in [-0.15, -0.1) is 0 Å². The van der Waals surface area contributed by atoms with Crippen molar-refractivity contribution in [1.29, 1.82) is 0 Å². The number of hydrogen-bond donors (Lipinski definition) is 2. The van der Waals surface area contributed by atoms with Gasteiger partial charge in [-0.1, -0.05) is 17.7 Å². The van der Waals surface area contributed by atoms with Crippen LogP contribution in [0.1, 0.15) is 23.0 Å². The van der Waals surface area contributed by atoms with Crippen molar-refractivity contribution in [2.45, 2.75) is 25.8 Å². The van der Waals surface area contributed by atoms with Crippen molar-refractivity contribution in [2.24, 2.45) is 0 Å². The van der Waals surface area contributed by atoms with Gasteiger partial charge < -0.3 is 15.2 Å². The van der Waals surface area contributed by atoms with Crippen LogP contribution in [0.5, 0.6) is 5.75 Å². The van der Waals surface area contributed by atoms with E-state index >= 15 is 0 Å². The fraction of sp³-hybridized carbons (Fsp3) is 0.190. The molecule has 0 saturated heterocycles. The number of benzene rings is 2. The third-order valence-electron chi connectivity index (χ3n) is 4.42. The summed E-state index contributed by atoms with van der Waals surface area (Å²) in [6.07, 6.45) is -4.91. The quantitative estimate of drug-likeness (QED) is 0.470. The van der Waals surface area contributed by atoms with Crippen molar-refractivity contribution >= 4 is 23.2 Å². The van der Waals surface area contributed by atoms with E-state index in [2.05, 4.69) is 15.3 Å². The lowest BCUT2D eigenvalue weighted by atomic mass is 10.1. The Morgan fingerprint density at radius 2 is 1.91 bits per heavy atom. The smallest absolute Gasteiger partial charge is 0.425 e. The summed E-state index contributed by atoms with van der Waals surface area (Å²) in [5.74, 6) is -3.72. The van der Waals surface area contributed by atoms with Gasteiger partial charge in [0, 0.05) is 5.56 Å².